The monoisotopic (exact) mass is 194 g/mol. The summed E-state index contributed by atoms with van der Waals surface area (Å²) in [5.74, 6) is 1.25. The molecule has 0 saturated carbocycles. The second kappa shape index (κ2) is 3.51. The van der Waals surface area contributed by atoms with E-state index in [1.54, 1.807) is 12.1 Å². The number of fused-ring (bicyclic) bond motifs is 1. The minimum Gasteiger partial charge on any atom is -0.454 e. The molecule has 0 saturated heterocycles. The van der Waals surface area contributed by atoms with Gasteiger partial charge in [-0.3, -0.25) is 0 Å². The molecule has 4 nitrogen and oxygen atoms in total. The summed E-state index contributed by atoms with van der Waals surface area (Å²) < 4.78 is 10.3. The van der Waals surface area contributed by atoms with Crippen LogP contribution < -0.4 is 14.9 Å². The van der Waals surface area contributed by atoms with Gasteiger partial charge in [-0.2, -0.15) is 0 Å². The Labute approximate surface area is 82.2 Å². The van der Waals surface area contributed by atoms with Crippen LogP contribution in [0.25, 0.3) is 0 Å². The SMILES string of the molecule is CCc1cc2c(cc1B(O)O)OCO2. The fourth-order valence-electron chi connectivity index (χ4n) is 1.55. The van der Waals surface area contributed by atoms with Gasteiger partial charge in [-0.05, 0) is 29.6 Å². The zero-order valence-electron chi connectivity index (χ0n) is 7.86. The fraction of sp³-hybridized carbons (Fsp3) is 0.333. The molecule has 1 heterocycles. The summed E-state index contributed by atoms with van der Waals surface area (Å²) in [6.07, 6.45) is 0.726. The average Bonchev–Trinajstić information content (AvgIpc) is 2.62. The Morgan fingerprint density at radius 3 is 2.50 bits per heavy atom. The minimum atomic E-state index is -1.46. The van der Waals surface area contributed by atoms with Crippen LogP contribution in [-0.4, -0.2) is 24.0 Å². The summed E-state index contributed by atoms with van der Waals surface area (Å²) in [5.41, 5.74) is 1.35. The molecule has 1 aliphatic heterocycles. The maximum Gasteiger partial charge on any atom is 0.488 e. The smallest absolute Gasteiger partial charge is 0.454 e. The lowest BCUT2D eigenvalue weighted by Gasteiger charge is -2.07. The summed E-state index contributed by atoms with van der Waals surface area (Å²) in [5, 5.41) is 18.3. The highest BCUT2D eigenvalue weighted by molar-refractivity contribution is 6.59. The molecule has 14 heavy (non-hydrogen) atoms. The zero-order valence-corrected chi connectivity index (χ0v) is 7.86. The third-order valence-corrected chi connectivity index (χ3v) is 2.29. The molecule has 0 aromatic heterocycles. The van der Waals surface area contributed by atoms with Crippen LogP contribution in [0.15, 0.2) is 12.1 Å². The molecule has 5 heteroatoms. The first-order chi connectivity index (χ1) is 6.72. The van der Waals surface area contributed by atoms with Crippen molar-refractivity contribution in [1.82, 2.24) is 0 Å². The zero-order chi connectivity index (χ0) is 10.1. The highest BCUT2D eigenvalue weighted by Gasteiger charge is 2.22. The van der Waals surface area contributed by atoms with E-state index < -0.39 is 7.12 Å². The van der Waals surface area contributed by atoms with E-state index in [1.165, 1.54) is 0 Å². The second-order valence-corrected chi connectivity index (χ2v) is 3.13. The van der Waals surface area contributed by atoms with E-state index in [0.717, 1.165) is 12.0 Å². The van der Waals surface area contributed by atoms with Crippen molar-refractivity contribution >= 4 is 12.6 Å². The van der Waals surface area contributed by atoms with Gasteiger partial charge in [0, 0.05) is 0 Å². The van der Waals surface area contributed by atoms with Crippen molar-refractivity contribution in [3.05, 3.63) is 17.7 Å². The standard InChI is InChI=1S/C9H11BO4/c1-2-6-3-8-9(14-5-13-8)4-7(6)10(11)12/h3-4,11-12H,2,5H2,1H3. The topological polar surface area (TPSA) is 58.9 Å². The Kier molecular flexibility index (Phi) is 2.35. The third kappa shape index (κ3) is 1.45. The second-order valence-electron chi connectivity index (χ2n) is 3.13. The van der Waals surface area contributed by atoms with E-state index in [-0.39, 0.29) is 6.79 Å². The van der Waals surface area contributed by atoms with Gasteiger partial charge in [0.1, 0.15) is 0 Å². The molecule has 0 radical (unpaired) electrons. The molecule has 2 N–H and O–H groups in total. The quantitative estimate of drug-likeness (QED) is 0.632. The first kappa shape index (κ1) is 9.36. The van der Waals surface area contributed by atoms with Crippen LogP contribution in [0.3, 0.4) is 0 Å². The van der Waals surface area contributed by atoms with Crippen molar-refractivity contribution in [2.45, 2.75) is 13.3 Å². The summed E-state index contributed by atoms with van der Waals surface area (Å²) in [6, 6.07) is 3.41. The Hall–Kier alpha value is -1.20. The largest absolute Gasteiger partial charge is 0.488 e. The molecule has 0 unspecified atom stereocenters. The molecule has 0 atom stereocenters. The number of benzene rings is 1. The van der Waals surface area contributed by atoms with Crippen LogP contribution in [0.5, 0.6) is 11.5 Å². The van der Waals surface area contributed by atoms with Gasteiger partial charge in [-0.15, -0.1) is 0 Å². The van der Waals surface area contributed by atoms with Crippen LogP contribution in [-0.2, 0) is 6.42 Å². The van der Waals surface area contributed by atoms with Crippen molar-refractivity contribution in [3.8, 4) is 11.5 Å². The molecule has 0 bridgehead atoms. The van der Waals surface area contributed by atoms with Gasteiger partial charge in [0.05, 0.1) is 0 Å². The normalized spacial score (nSPS) is 13.1. The molecule has 74 valence electrons. The maximum atomic E-state index is 9.13. The van der Waals surface area contributed by atoms with E-state index in [0.29, 0.717) is 17.0 Å². The maximum absolute atomic E-state index is 9.13. The molecule has 1 aromatic carbocycles. The van der Waals surface area contributed by atoms with Crippen molar-refractivity contribution in [2.75, 3.05) is 6.79 Å². The fourth-order valence-corrected chi connectivity index (χ4v) is 1.55. The summed E-state index contributed by atoms with van der Waals surface area (Å²) in [4.78, 5) is 0. The Morgan fingerprint density at radius 2 is 1.93 bits per heavy atom. The van der Waals surface area contributed by atoms with Crippen LogP contribution in [0.2, 0.25) is 0 Å². The van der Waals surface area contributed by atoms with Crippen LogP contribution in [0.4, 0.5) is 0 Å². The predicted molar refractivity (Wildman–Crippen MR) is 51.8 cm³/mol. The highest BCUT2D eigenvalue weighted by Crippen LogP contribution is 2.31. The Morgan fingerprint density at radius 1 is 1.29 bits per heavy atom. The predicted octanol–water partition coefficient (Wildman–Crippen LogP) is -0.343. The first-order valence-electron chi connectivity index (χ1n) is 4.51. The van der Waals surface area contributed by atoms with Gasteiger partial charge < -0.3 is 19.5 Å². The molecular weight excluding hydrogens is 183 g/mol. The minimum absolute atomic E-state index is 0.198. The van der Waals surface area contributed by atoms with Gasteiger partial charge >= 0.3 is 7.12 Å². The van der Waals surface area contributed by atoms with Crippen molar-refractivity contribution in [3.63, 3.8) is 0 Å². The lowest BCUT2D eigenvalue weighted by molar-refractivity contribution is 0.174. The lowest BCUT2D eigenvalue weighted by Crippen LogP contribution is -2.32. The van der Waals surface area contributed by atoms with Crippen molar-refractivity contribution in [1.29, 1.82) is 0 Å². The van der Waals surface area contributed by atoms with Crippen LogP contribution in [0.1, 0.15) is 12.5 Å². The molecule has 1 aromatic rings. The van der Waals surface area contributed by atoms with Crippen LogP contribution >= 0.6 is 0 Å². The van der Waals surface area contributed by atoms with Crippen molar-refractivity contribution in [2.24, 2.45) is 0 Å². The van der Waals surface area contributed by atoms with Crippen LogP contribution in [0, 0.1) is 0 Å². The van der Waals surface area contributed by atoms with Gasteiger partial charge in [-0.25, -0.2) is 0 Å². The molecule has 2 rings (SSSR count). The van der Waals surface area contributed by atoms with Crippen molar-refractivity contribution < 1.29 is 19.5 Å². The number of rotatable bonds is 2. The summed E-state index contributed by atoms with van der Waals surface area (Å²) in [7, 11) is -1.46. The number of hydrogen-bond acceptors (Lipinski definition) is 4. The van der Waals surface area contributed by atoms with Gasteiger partial charge in [-0.1, -0.05) is 6.92 Å². The molecule has 0 spiro atoms. The number of hydrogen-bond donors (Lipinski definition) is 2. The van der Waals surface area contributed by atoms with Gasteiger partial charge in [0.2, 0.25) is 6.79 Å². The molecular formula is C9H11BO4. The molecule has 0 aliphatic carbocycles. The van der Waals surface area contributed by atoms with Gasteiger partial charge in [0.25, 0.3) is 0 Å². The van der Waals surface area contributed by atoms with E-state index in [1.807, 2.05) is 6.92 Å². The summed E-state index contributed by atoms with van der Waals surface area (Å²) >= 11 is 0. The van der Waals surface area contributed by atoms with E-state index in [4.69, 9.17) is 19.5 Å². The molecule has 1 aliphatic rings. The Bertz CT molecular complexity index is 351. The lowest BCUT2D eigenvalue weighted by atomic mass is 9.76. The number of ether oxygens (including phenoxy) is 2. The van der Waals surface area contributed by atoms with E-state index in [2.05, 4.69) is 0 Å². The number of aryl methyl sites for hydroxylation is 1. The van der Waals surface area contributed by atoms with E-state index >= 15 is 0 Å². The first-order valence-corrected chi connectivity index (χ1v) is 4.51. The van der Waals surface area contributed by atoms with Gasteiger partial charge in [0.15, 0.2) is 11.5 Å². The highest BCUT2D eigenvalue weighted by atomic mass is 16.7. The Balaban J connectivity index is 2.49. The summed E-state index contributed by atoms with van der Waals surface area (Å²) in [6.45, 7) is 2.15. The molecule has 0 amide bonds. The van der Waals surface area contributed by atoms with E-state index in [9.17, 15) is 0 Å². The average molecular weight is 194 g/mol. The third-order valence-electron chi connectivity index (χ3n) is 2.29. The molecule has 0 fully saturated rings.